The van der Waals surface area contributed by atoms with E-state index in [-0.39, 0.29) is 10.0 Å². The average molecular weight is 374 g/mol. The minimum Gasteiger partial charge on any atom is -0.483 e. The van der Waals surface area contributed by atoms with Gasteiger partial charge in [0.1, 0.15) is 6.61 Å². The number of rotatable bonds is 5. The number of nitrogens with zero attached hydrogens (tertiary/aromatic N) is 1. The third-order valence-corrected chi connectivity index (χ3v) is 2.93. The van der Waals surface area contributed by atoms with Crippen LogP contribution in [0.2, 0.25) is 0 Å². The maximum Gasteiger partial charge on any atom is 0.417 e. The molecule has 0 heterocycles. The molecule has 1 aromatic carbocycles. The van der Waals surface area contributed by atoms with Crippen LogP contribution in [0.4, 0.5) is 18.9 Å². The quantitative estimate of drug-likeness (QED) is 0.611. The number of benzene rings is 1. The molecule has 0 amide bonds. The van der Waals surface area contributed by atoms with E-state index in [0.717, 1.165) is 6.07 Å². The summed E-state index contributed by atoms with van der Waals surface area (Å²) in [5, 5.41) is 29.3. The van der Waals surface area contributed by atoms with Crippen LogP contribution in [0.5, 0.6) is 5.75 Å². The summed E-state index contributed by atoms with van der Waals surface area (Å²) in [6.07, 6.45) is -8.91. The van der Waals surface area contributed by atoms with Crippen molar-refractivity contribution in [2.24, 2.45) is 0 Å². The molecular weight excluding hydrogens is 363 g/mol. The Morgan fingerprint density at radius 3 is 2.43 bits per heavy atom. The van der Waals surface area contributed by atoms with Gasteiger partial charge in [-0.2, -0.15) is 13.2 Å². The monoisotopic (exact) mass is 373 g/mol. The average Bonchev–Trinajstić information content (AvgIpc) is 2.34. The fourth-order valence-electron chi connectivity index (χ4n) is 1.46. The molecule has 0 saturated carbocycles. The minimum absolute atomic E-state index is 0.0644. The Morgan fingerprint density at radius 2 is 2.00 bits per heavy atom. The lowest BCUT2D eigenvalue weighted by Crippen LogP contribution is -2.34. The first-order chi connectivity index (χ1) is 9.54. The van der Waals surface area contributed by atoms with Crippen LogP contribution in [0.3, 0.4) is 0 Å². The predicted molar refractivity (Wildman–Crippen MR) is 69.0 cm³/mol. The van der Waals surface area contributed by atoms with Gasteiger partial charge in [-0.05, 0) is 13.0 Å². The van der Waals surface area contributed by atoms with E-state index in [0.29, 0.717) is 0 Å². The highest BCUT2D eigenvalue weighted by atomic mass is 79.9. The summed E-state index contributed by atoms with van der Waals surface area (Å²) in [5.41, 5.74) is -0.680. The van der Waals surface area contributed by atoms with Gasteiger partial charge in [0.2, 0.25) is 5.75 Å². The summed E-state index contributed by atoms with van der Waals surface area (Å²) in [4.78, 5) is 10.1. The second-order valence-corrected chi connectivity index (χ2v) is 5.06. The predicted octanol–water partition coefficient (Wildman–Crippen LogP) is 2.71. The van der Waals surface area contributed by atoms with Gasteiger partial charge in [0, 0.05) is 16.1 Å². The molecule has 0 aliphatic rings. The fraction of sp³-hybridized carbons (Fsp3) is 0.455. The SMILES string of the molecule is C[C@H](O)c1cc(Br)cc([N+](=O)[O-])c1OCC(O)C(F)(F)F. The summed E-state index contributed by atoms with van der Waals surface area (Å²) >= 11 is 3.00. The summed E-state index contributed by atoms with van der Waals surface area (Å²) in [6, 6.07) is 2.31. The molecule has 0 radical (unpaired) electrons. The Bertz CT molecular complexity index is 535. The van der Waals surface area contributed by atoms with E-state index in [1.807, 2.05) is 0 Å². The first-order valence-corrected chi connectivity index (χ1v) is 6.36. The van der Waals surface area contributed by atoms with E-state index in [1.54, 1.807) is 0 Å². The molecule has 0 bridgehead atoms. The normalized spacial score (nSPS) is 14.6. The Balaban J connectivity index is 3.17. The number of aliphatic hydroxyl groups is 2. The molecular formula is C11H11BrF3NO5. The molecule has 0 saturated heterocycles. The van der Waals surface area contributed by atoms with Gasteiger partial charge in [0.25, 0.3) is 0 Å². The number of hydrogen-bond acceptors (Lipinski definition) is 5. The maximum atomic E-state index is 12.2. The molecule has 6 nitrogen and oxygen atoms in total. The van der Waals surface area contributed by atoms with Crippen molar-refractivity contribution in [3.8, 4) is 5.75 Å². The van der Waals surface area contributed by atoms with Crippen molar-refractivity contribution >= 4 is 21.6 Å². The number of halogens is 4. The van der Waals surface area contributed by atoms with Crippen molar-refractivity contribution in [1.82, 2.24) is 0 Å². The second-order valence-electron chi connectivity index (χ2n) is 4.14. The number of nitro benzene ring substituents is 1. The highest BCUT2D eigenvalue weighted by Crippen LogP contribution is 2.38. The third-order valence-electron chi connectivity index (χ3n) is 2.47. The minimum atomic E-state index is -4.91. The van der Waals surface area contributed by atoms with Crippen LogP contribution in [0.1, 0.15) is 18.6 Å². The zero-order valence-electron chi connectivity index (χ0n) is 10.6. The van der Waals surface area contributed by atoms with Gasteiger partial charge in [0.05, 0.1) is 11.0 Å². The van der Waals surface area contributed by atoms with Crippen molar-refractivity contribution in [3.63, 3.8) is 0 Å². The summed E-state index contributed by atoms with van der Waals surface area (Å²) < 4.78 is 41.6. The van der Waals surface area contributed by atoms with E-state index in [9.17, 15) is 28.4 Å². The first-order valence-electron chi connectivity index (χ1n) is 5.57. The first kappa shape index (κ1) is 17.7. The van der Waals surface area contributed by atoms with Crippen LogP contribution < -0.4 is 4.74 Å². The molecule has 0 aliphatic heterocycles. The Labute approximate surface area is 125 Å². The van der Waals surface area contributed by atoms with Crippen LogP contribution in [0.15, 0.2) is 16.6 Å². The number of alkyl halides is 3. The van der Waals surface area contributed by atoms with Crippen LogP contribution >= 0.6 is 15.9 Å². The number of nitro groups is 1. The van der Waals surface area contributed by atoms with Crippen molar-refractivity contribution < 1.29 is 33.0 Å². The smallest absolute Gasteiger partial charge is 0.417 e. The zero-order chi connectivity index (χ0) is 16.4. The lowest BCUT2D eigenvalue weighted by molar-refractivity contribution is -0.386. The molecule has 1 aromatic rings. The van der Waals surface area contributed by atoms with Crippen LogP contribution in [-0.2, 0) is 0 Å². The van der Waals surface area contributed by atoms with E-state index >= 15 is 0 Å². The van der Waals surface area contributed by atoms with Gasteiger partial charge in [-0.3, -0.25) is 10.1 Å². The highest BCUT2D eigenvalue weighted by molar-refractivity contribution is 9.10. The number of hydrogen-bond donors (Lipinski definition) is 2. The van der Waals surface area contributed by atoms with E-state index in [1.165, 1.54) is 13.0 Å². The van der Waals surface area contributed by atoms with Gasteiger partial charge in [-0.15, -0.1) is 0 Å². The third kappa shape index (κ3) is 4.55. The summed E-state index contributed by atoms with van der Waals surface area (Å²) in [7, 11) is 0. The Morgan fingerprint density at radius 1 is 1.43 bits per heavy atom. The van der Waals surface area contributed by atoms with E-state index in [4.69, 9.17) is 9.84 Å². The van der Waals surface area contributed by atoms with E-state index < -0.39 is 41.4 Å². The lowest BCUT2D eigenvalue weighted by atomic mass is 10.1. The maximum absolute atomic E-state index is 12.2. The van der Waals surface area contributed by atoms with Crippen molar-refractivity contribution in [3.05, 3.63) is 32.3 Å². The summed E-state index contributed by atoms with van der Waals surface area (Å²) in [6.45, 7) is 0.0598. The van der Waals surface area contributed by atoms with Crippen LogP contribution in [0.25, 0.3) is 0 Å². The molecule has 1 unspecified atom stereocenters. The standard InChI is InChI=1S/C11H11BrF3NO5/c1-5(17)7-2-6(12)3-8(16(19)20)10(7)21-4-9(18)11(13,14)15/h2-3,5,9,17-18H,4H2,1H3/t5-,9?/m0/s1. The van der Waals surface area contributed by atoms with Crippen LogP contribution in [0, 0.1) is 10.1 Å². The number of aliphatic hydroxyl groups excluding tert-OH is 2. The van der Waals surface area contributed by atoms with Crippen molar-refractivity contribution in [1.29, 1.82) is 0 Å². The van der Waals surface area contributed by atoms with Gasteiger partial charge in [-0.1, -0.05) is 15.9 Å². The molecule has 10 heteroatoms. The second kappa shape index (κ2) is 6.58. The van der Waals surface area contributed by atoms with Gasteiger partial charge >= 0.3 is 11.9 Å². The largest absolute Gasteiger partial charge is 0.483 e. The fourth-order valence-corrected chi connectivity index (χ4v) is 1.92. The van der Waals surface area contributed by atoms with Gasteiger partial charge in [-0.25, -0.2) is 0 Å². The Kier molecular flexibility index (Phi) is 5.54. The molecule has 21 heavy (non-hydrogen) atoms. The molecule has 0 aromatic heterocycles. The summed E-state index contributed by atoms with van der Waals surface area (Å²) in [5.74, 6) is -0.512. The zero-order valence-corrected chi connectivity index (χ0v) is 12.2. The van der Waals surface area contributed by atoms with Gasteiger partial charge < -0.3 is 14.9 Å². The number of ether oxygens (including phenoxy) is 1. The molecule has 2 N–H and O–H groups in total. The van der Waals surface area contributed by atoms with Crippen molar-refractivity contribution in [2.75, 3.05) is 6.61 Å². The molecule has 1 rings (SSSR count). The molecule has 0 aliphatic carbocycles. The molecule has 2 atom stereocenters. The topological polar surface area (TPSA) is 92.8 Å². The molecule has 0 spiro atoms. The van der Waals surface area contributed by atoms with E-state index in [2.05, 4.69) is 15.9 Å². The Hall–Kier alpha value is -1.39. The molecule has 0 fully saturated rings. The lowest BCUT2D eigenvalue weighted by Gasteiger charge is -2.18. The molecule has 118 valence electrons. The van der Waals surface area contributed by atoms with Gasteiger partial charge in [0.15, 0.2) is 6.10 Å². The highest BCUT2D eigenvalue weighted by Gasteiger charge is 2.39. The van der Waals surface area contributed by atoms with Crippen LogP contribution in [-0.4, -0.2) is 34.0 Å². The van der Waals surface area contributed by atoms with Crippen molar-refractivity contribution in [2.45, 2.75) is 25.3 Å².